The molecule has 2 aromatic carbocycles. The molecule has 0 bridgehead atoms. The van der Waals surface area contributed by atoms with Crippen LogP contribution in [0.15, 0.2) is 40.9 Å². The Bertz CT molecular complexity index is 688. The second kappa shape index (κ2) is 8.20. The molecule has 0 saturated carbocycles. The van der Waals surface area contributed by atoms with E-state index in [1.807, 2.05) is 64.1 Å². The summed E-state index contributed by atoms with van der Waals surface area (Å²) in [7, 11) is 0. The van der Waals surface area contributed by atoms with Gasteiger partial charge in [-0.05, 0) is 75.2 Å². The van der Waals surface area contributed by atoms with Crippen molar-refractivity contribution in [2.75, 3.05) is 11.9 Å². The summed E-state index contributed by atoms with van der Waals surface area (Å²) in [5.74, 6) is 1.26. The van der Waals surface area contributed by atoms with Crippen molar-refractivity contribution in [2.45, 2.75) is 33.8 Å². The highest BCUT2D eigenvalue weighted by atomic mass is 79.9. The van der Waals surface area contributed by atoms with Gasteiger partial charge in [0.1, 0.15) is 11.5 Å². The smallest absolute Gasteiger partial charge is 0.262 e. The van der Waals surface area contributed by atoms with Gasteiger partial charge in [-0.1, -0.05) is 15.9 Å². The molecule has 0 heterocycles. The maximum absolute atomic E-state index is 12.0. The molecule has 4 nitrogen and oxygen atoms in total. The number of amides is 1. The van der Waals surface area contributed by atoms with Crippen molar-refractivity contribution in [2.24, 2.45) is 0 Å². The molecule has 5 heteroatoms. The summed E-state index contributed by atoms with van der Waals surface area (Å²) < 4.78 is 12.2. The molecule has 0 spiro atoms. The summed E-state index contributed by atoms with van der Waals surface area (Å²) in [5.41, 5.74) is 2.86. The molecule has 0 radical (unpaired) electrons. The number of carbonyl (C=O) groups is 1. The largest absolute Gasteiger partial charge is 0.491 e. The van der Waals surface area contributed by atoms with Crippen LogP contribution >= 0.6 is 15.9 Å². The van der Waals surface area contributed by atoms with Gasteiger partial charge in [-0.2, -0.15) is 0 Å². The van der Waals surface area contributed by atoms with Crippen molar-refractivity contribution in [3.8, 4) is 11.5 Å². The number of nitrogens with one attached hydrogen (secondary N) is 1. The Morgan fingerprint density at radius 1 is 1.08 bits per heavy atom. The molecule has 0 aliphatic carbocycles. The van der Waals surface area contributed by atoms with E-state index < -0.39 is 0 Å². The van der Waals surface area contributed by atoms with E-state index in [0.29, 0.717) is 11.4 Å². The molecular formula is C19H22BrNO3. The minimum absolute atomic E-state index is 0.0369. The Morgan fingerprint density at radius 3 is 2.21 bits per heavy atom. The molecule has 1 amide bonds. The first-order chi connectivity index (χ1) is 11.3. The zero-order valence-electron chi connectivity index (χ0n) is 14.4. The van der Waals surface area contributed by atoms with E-state index in [0.717, 1.165) is 21.3 Å². The van der Waals surface area contributed by atoms with Gasteiger partial charge in [-0.25, -0.2) is 0 Å². The number of rotatable bonds is 6. The summed E-state index contributed by atoms with van der Waals surface area (Å²) in [6.07, 6.45) is 0.122. The number of halogens is 1. The quantitative estimate of drug-likeness (QED) is 0.763. The van der Waals surface area contributed by atoms with Gasteiger partial charge in [-0.3, -0.25) is 4.79 Å². The number of anilines is 1. The monoisotopic (exact) mass is 391 g/mol. The number of benzene rings is 2. The first kappa shape index (κ1) is 18.3. The van der Waals surface area contributed by atoms with Gasteiger partial charge in [0.2, 0.25) is 0 Å². The van der Waals surface area contributed by atoms with Gasteiger partial charge in [0.05, 0.1) is 6.10 Å². The van der Waals surface area contributed by atoms with Crippen LogP contribution in [0.1, 0.15) is 25.0 Å². The maximum Gasteiger partial charge on any atom is 0.262 e. The molecule has 24 heavy (non-hydrogen) atoms. The van der Waals surface area contributed by atoms with Crippen molar-refractivity contribution >= 4 is 27.5 Å². The predicted molar refractivity (Wildman–Crippen MR) is 99.9 cm³/mol. The van der Waals surface area contributed by atoms with Gasteiger partial charge in [-0.15, -0.1) is 0 Å². The Kier molecular flexibility index (Phi) is 6.26. The summed E-state index contributed by atoms with van der Waals surface area (Å²) >= 11 is 3.51. The van der Waals surface area contributed by atoms with Gasteiger partial charge >= 0.3 is 0 Å². The van der Waals surface area contributed by atoms with E-state index in [9.17, 15) is 4.79 Å². The Morgan fingerprint density at radius 2 is 1.67 bits per heavy atom. The van der Waals surface area contributed by atoms with E-state index in [1.54, 1.807) is 0 Å². The van der Waals surface area contributed by atoms with Crippen molar-refractivity contribution in [3.05, 3.63) is 52.0 Å². The summed E-state index contributed by atoms with van der Waals surface area (Å²) in [4.78, 5) is 12.0. The Labute approximate surface area is 151 Å². The molecular weight excluding hydrogens is 370 g/mol. The van der Waals surface area contributed by atoms with E-state index in [4.69, 9.17) is 9.47 Å². The molecule has 2 aromatic rings. The van der Waals surface area contributed by atoms with Crippen LogP contribution in [0.4, 0.5) is 5.69 Å². The molecule has 128 valence electrons. The molecule has 0 unspecified atom stereocenters. The third-order valence-corrected chi connectivity index (χ3v) is 4.54. The highest BCUT2D eigenvalue weighted by molar-refractivity contribution is 9.10. The Balaban J connectivity index is 1.89. The maximum atomic E-state index is 12.0. The van der Waals surface area contributed by atoms with Crippen molar-refractivity contribution in [1.82, 2.24) is 0 Å². The first-order valence-corrected chi connectivity index (χ1v) is 8.60. The average molecular weight is 392 g/mol. The van der Waals surface area contributed by atoms with Crippen molar-refractivity contribution in [3.63, 3.8) is 0 Å². The molecule has 0 aliphatic rings. The molecule has 0 aliphatic heterocycles. The molecule has 0 aromatic heterocycles. The van der Waals surface area contributed by atoms with Crippen LogP contribution in [0.2, 0.25) is 0 Å². The van der Waals surface area contributed by atoms with Crippen LogP contribution < -0.4 is 14.8 Å². The van der Waals surface area contributed by atoms with Crippen LogP contribution in [0.25, 0.3) is 0 Å². The standard InChI is InChI=1S/C19H22BrNO3/c1-12(2)24-16-7-5-15(6-8-16)21-18(22)11-23-17-9-13(3)19(20)14(4)10-17/h5-10,12H,11H2,1-4H3,(H,21,22). The third kappa shape index (κ3) is 5.27. The first-order valence-electron chi connectivity index (χ1n) is 7.81. The zero-order chi connectivity index (χ0) is 17.7. The van der Waals surface area contributed by atoms with Crippen LogP contribution in [-0.2, 0) is 4.79 Å². The number of hydrogen-bond donors (Lipinski definition) is 1. The number of carbonyl (C=O) groups excluding carboxylic acids is 1. The molecule has 2 rings (SSSR count). The lowest BCUT2D eigenvalue weighted by molar-refractivity contribution is -0.118. The van der Waals surface area contributed by atoms with Crippen LogP contribution in [0, 0.1) is 13.8 Å². The van der Waals surface area contributed by atoms with E-state index in [-0.39, 0.29) is 18.6 Å². The highest BCUT2D eigenvalue weighted by Crippen LogP contribution is 2.26. The van der Waals surface area contributed by atoms with Gasteiger partial charge in [0.15, 0.2) is 6.61 Å². The molecule has 1 N–H and O–H groups in total. The predicted octanol–water partition coefficient (Wildman–Crippen LogP) is 4.87. The fourth-order valence-electron chi connectivity index (χ4n) is 2.22. The lowest BCUT2D eigenvalue weighted by atomic mass is 10.1. The van der Waals surface area contributed by atoms with Gasteiger partial charge in [0, 0.05) is 10.2 Å². The van der Waals surface area contributed by atoms with Crippen LogP contribution in [0.3, 0.4) is 0 Å². The second-order valence-electron chi connectivity index (χ2n) is 5.90. The van der Waals surface area contributed by atoms with Crippen molar-refractivity contribution < 1.29 is 14.3 Å². The summed E-state index contributed by atoms with van der Waals surface area (Å²) in [6, 6.07) is 11.1. The third-order valence-electron chi connectivity index (χ3n) is 3.29. The summed E-state index contributed by atoms with van der Waals surface area (Å²) in [5, 5.41) is 2.80. The fraction of sp³-hybridized carbons (Fsp3) is 0.316. The Hall–Kier alpha value is -2.01. The lowest BCUT2D eigenvalue weighted by Gasteiger charge is -2.12. The number of hydrogen-bond acceptors (Lipinski definition) is 3. The second-order valence-corrected chi connectivity index (χ2v) is 6.69. The molecule has 0 atom stereocenters. The van der Waals surface area contributed by atoms with Crippen LogP contribution in [0.5, 0.6) is 11.5 Å². The molecule has 0 fully saturated rings. The van der Waals surface area contributed by atoms with Crippen molar-refractivity contribution in [1.29, 1.82) is 0 Å². The topological polar surface area (TPSA) is 47.6 Å². The average Bonchev–Trinajstić information content (AvgIpc) is 2.52. The fourth-order valence-corrected chi connectivity index (χ4v) is 2.45. The minimum atomic E-state index is -0.203. The number of aryl methyl sites for hydroxylation is 2. The van der Waals surface area contributed by atoms with E-state index in [2.05, 4.69) is 21.2 Å². The van der Waals surface area contributed by atoms with E-state index >= 15 is 0 Å². The molecule has 0 saturated heterocycles. The van der Waals surface area contributed by atoms with Gasteiger partial charge < -0.3 is 14.8 Å². The van der Waals surface area contributed by atoms with E-state index in [1.165, 1.54) is 0 Å². The minimum Gasteiger partial charge on any atom is -0.491 e. The zero-order valence-corrected chi connectivity index (χ0v) is 15.9. The SMILES string of the molecule is Cc1cc(OCC(=O)Nc2ccc(OC(C)C)cc2)cc(C)c1Br. The lowest BCUT2D eigenvalue weighted by Crippen LogP contribution is -2.20. The van der Waals surface area contributed by atoms with Gasteiger partial charge in [0.25, 0.3) is 5.91 Å². The normalized spacial score (nSPS) is 10.6. The highest BCUT2D eigenvalue weighted by Gasteiger charge is 2.07. The number of ether oxygens (including phenoxy) is 2. The summed E-state index contributed by atoms with van der Waals surface area (Å²) in [6.45, 7) is 7.89. The van der Waals surface area contributed by atoms with Crippen LogP contribution in [-0.4, -0.2) is 18.6 Å².